The molecule has 0 aliphatic carbocycles. The van der Waals surface area contributed by atoms with Crippen molar-refractivity contribution in [1.29, 1.82) is 0 Å². The number of benzene rings is 2. The van der Waals surface area contributed by atoms with E-state index in [1.54, 1.807) is 36.1 Å². The molecule has 0 spiro atoms. The lowest BCUT2D eigenvalue weighted by molar-refractivity contribution is -0.137. The first-order valence-corrected chi connectivity index (χ1v) is 19.5. The second-order valence-electron chi connectivity index (χ2n) is 11.3. The van der Waals surface area contributed by atoms with Gasteiger partial charge in [-0.1, -0.05) is 36.1 Å². The quantitative estimate of drug-likeness (QED) is 0.164. The lowest BCUT2D eigenvalue weighted by atomic mass is 10.2. The number of thiocarbonyl (C=S) groups is 1. The Morgan fingerprint density at radius 3 is 2.29 bits per heavy atom. The molecule has 3 N–H and O–H groups in total. The zero-order valence-corrected chi connectivity index (χ0v) is 31.0. The van der Waals surface area contributed by atoms with Crippen molar-refractivity contribution < 1.29 is 42.3 Å². The number of para-hydroxylation sites is 2. The smallest absolute Gasteiger partial charge is 0.335 e. The lowest BCUT2D eigenvalue weighted by Crippen LogP contribution is -2.32. The van der Waals surface area contributed by atoms with E-state index in [1.165, 1.54) is 46.9 Å². The first kappa shape index (κ1) is 36.9. The van der Waals surface area contributed by atoms with Crippen LogP contribution in [0.4, 0.5) is 5.69 Å². The van der Waals surface area contributed by atoms with Gasteiger partial charge >= 0.3 is 11.9 Å². The minimum atomic E-state index is -4.23. The van der Waals surface area contributed by atoms with Gasteiger partial charge in [0, 0.05) is 19.2 Å². The molecule has 0 atom stereocenters. The number of carbonyl (C=O) groups is 3. The highest BCUT2D eigenvalue weighted by molar-refractivity contribution is 8.30. The van der Waals surface area contributed by atoms with Crippen LogP contribution in [0.1, 0.15) is 23.7 Å². The molecule has 0 saturated carbocycles. The molecule has 6 rings (SSSR count). The molecule has 2 aliphatic heterocycles. The number of nitrogens with zero attached hydrogens (tertiary/aromatic N) is 4. The number of aliphatic carboxylic acids is 1. The van der Waals surface area contributed by atoms with E-state index in [0.717, 1.165) is 39.0 Å². The van der Waals surface area contributed by atoms with Gasteiger partial charge in [-0.15, -0.1) is 22.7 Å². The van der Waals surface area contributed by atoms with Crippen LogP contribution >= 0.6 is 46.7 Å². The average Bonchev–Trinajstić information content (AvgIpc) is 3.79. The normalized spacial score (nSPS) is 17.5. The highest BCUT2D eigenvalue weighted by atomic mass is 32.2. The van der Waals surface area contributed by atoms with Gasteiger partial charge in [-0.2, -0.15) is 8.42 Å². The number of aromatic carboxylic acids is 1. The maximum atomic E-state index is 14.3. The van der Waals surface area contributed by atoms with Gasteiger partial charge in [0.1, 0.15) is 29.6 Å². The van der Waals surface area contributed by atoms with Crippen molar-refractivity contribution in [1.82, 2.24) is 14.0 Å². The molecule has 2 aromatic carbocycles. The summed E-state index contributed by atoms with van der Waals surface area (Å²) in [6, 6.07) is 12.4. The van der Waals surface area contributed by atoms with E-state index < -0.39 is 51.4 Å². The number of amides is 1. The van der Waals surface area contributed by atoms with Crippen LogP contribution in [0.15, 0.2) is 69.6 Å². The number of carbonyl (C=O) groups excluding carboxylic acids is 1. The van der Waals surface area contributed by atoms with Crippen LogP contribution < -0.4 is 30.0 Å². The SMILES string of the molecule is C/C(C=c1s/c(=c2/s/c(=C3/SC(=S)N(C)C3=O)n(CC(=O)O)c2=O)n(-c2ccc(C(=O)O)cc2)c1=O)=C1\Oc2ccccc2N1CCCS(=O)(=O)O. The van der Waals surface area contributed by atoms with Crippen LogP contribution in [-0.2, 0) is 26.3 Å². The summed E-state index contributed by atoms with van der Waals surface area (Å²) in [5.41, 5.74) is -0.144. The van der Waals surface area contributed by atoms with Crippen molar-refractivity contribution in [3.8, 4) is 11.4 Å². The summed E-state index contributed by atoms with van der Waals surface area (Å²) in [5, 5.41) is 19.1. The first-order chi connectivity index (χ1) is 24.6. The fourth-order valence-electron chi connectivity index (χ4n) is 5.40. The summed E-state index contributed by atoms with van der Waals surface area (Å²) in [7, 11) is -2.77. The van der Waals surface area contributed by atoms with Gasteiger partial charge in [-0.05, 0) is 55.8 Å². The maximum absolute atomic E-state index is 14.3. The number of ether oxygens (including phenoxy) is 1. The summed E-state index contributed by atoms with van der Waals surface area (Å²) >= 11 is 7.90. The van der Waals surface area contributed by atoms with Gasteiger partial charge in [0.2, 0.25) is 5.88 Å². The standard InChI is InChI=1S/C32H26N4O11S5/c1-16(28-34(12-5-13-52(44,45)46)19-6-3-4-7-20(19)47-28)14-21-25(39)36(18-10-8-17(9-11-18)31(42)43)30(49-21)24-27(41)35(15-22(37)38)29(50-24)23-26(40)33(2)32(48)51-23/h3-4,6-11,14H,5,12-13,15H2,1-2H3,(H,37,38)(H,42,43)(H,44,45,46)/b21-14?,28-16+,29-23+,30-24+. The van der Waals surface area contributed by atoms with E-state index >= 15 is 0 Å². The zero-order valence-electron chi connectivity index (χ0n) is 27.0. The molecule has 4 heterocycles. The van der Waals surface area contributed by atoms with E-state index in [4.69, 9.17) is 17.0 Å². The van der Waals surface area contributed by atoms with Gasteiger partial charge in [0.15, 0.2) is 5.75 Å². The second kappa shape index (κ2) is 14.3. The molecular weight excluding hydrogens is 777 g/mol. The van der Waals surface area contributed by atoms with Gasteiger partial charge in [-0.25, -0.2) is 4.79 Å². The van der Waals surface area contributed by atoms with Crippen LogP contribution in [0.5, 0.6) is 5.75 Å². The van der Waals surface area contributed by atoms with Crippen LogP contribution in [0.25, 0.3) is 16.7 Å². The fourth-order valence-corrected chi connectivity index (χ4v) is 9.63. The summed E-state index contributed by atoms with van der Waals surface area (Å²) in [5.74, 6) is -2.79. The molecule has 0 radical (unpaired) electrons. The third-order valence-corrected chi connectivity index (χ3v) is 12.7. The Morgan fingerprint density at radius 1 is 0.981 bits per heavy atom. The Balaban J connectivity index is 1.65. The van der Waals surface area contributed by atoms with Gasteiger partial charge in [0.25, 0.3) is 27.1 Å². The minimum absolute atomic E-state index is 0.0409. The number of rotatable bonds is 9. The summed E-state index contributed by atoms with van der Waals surface area (Å²) in [4.78, 5) is 67.8. The summed E-state index contributed by atoms with van der Waals surface area (Å²) in [6.45, 7) is 1.03. The van der Waals surface area contributed by atoms with Gasteiger partial charge < -0.3 is 19.8 Å². The number of aromatic nitrogens is 2. The average molecular weight is 803 g/mol. The van der Waals surface area contributed by atoms with Crippen molar-refractivity contribution in [3.63, 3.8) is 0 Å². The largest absolute Gasteiger partial charge is 0.480 e. The Bertz CT molecular complexity index is 2690. The van der Waals surface area contributed by atoms with E-state index in [2.05, 4.69) is 0 Å². The van der Waals surface area contributed by atoms with Crippen LogP contribution in [0.3, 0.4) is 0 Å². The molecule has 52 heavy (non-hydrogen) atoms. The highest BCUT2D eigenvalue weighted by Crippen LogP contribution is 2.40. The molecule has 1 fully saturated rings. The number of hydrogen-bond acceptors (Lipinski definition) is 13. The molecule has 2 aromatic heterocycles. The third-order valence-electron chi connectivity index (χ3n) is 7.80. The maximum Gasteiger partial charge on any atom is 0.335 e. The monoisotopic (exact) mass is 802 g/mol. The molecule has 2 aliphatic rings. The second-order valence-corrected chi connectivity index (χ2v) is 16.6. The molecule has 270 valence electrons. The molecule has 0 bridgehead atoms. The Hall–Kier alpha value is -4.86. The number of thiazole rings is 2. The molecule has 4 aromatic rings. The topological polar surface area (TPSA) is 206 Å². The van der Waals surface area contributed by atoms with Gasteiger partial charge in [-0.3, -0.25) is 37.8 Å². The predicted molar refractivity (Wildman–Crippen MR) is 199 cm³/mol. The van der Waals surface area contributed by atoms with Crippen molar-refractivity contribution >= 4 is 95.6 Å². The summed E-state index contributed by atoms with van der Waals surface area (Å²) in [6.07, 6.45) is 1.58. The number of carboxylic acid groups (broad SMARTS) is 2. The molecular formula is C32H26N4O11S5. The number of allylic oxidation sites excluding steroid dienone is 1. The van der Waals surface area contributed by atoms with Crippen molar-refractivity contribution in [2.45, 2.75) is 19.9 Å². The van der Waals surface area contributed by atoms with Crippen molar-refractivity contribution in [3.05, 3.63) is 105 Å². The predicted octanol–water partition coefficient (Wildman–Crippen LogP) is 1.98. The van der Waals surface area contributed by atoms with Gasteiger partial charge in [0.05, 0.1) is 27.2 Å². The molecule has 1 amide bonds. The third kappa shape index (κ3) is 7.12. The molecule has 15 nitrogen and oxygen atoms in total. The van der Waals surface area contributed by atoms with E-state index in [1.807, 2.05) is 0 Å². The first-order valence-electron chi connectivity index (χ1n) is 15.0. The number of thioether (sulfide) groups is 1. The molecule has 20 heteroatoms. The number of anilines is 1. The van der Waals surface area contributed by atoms with E-state index in [9.17, 15) is 47.2 Å². The van der Waals surface area contributed by atoms with E-state index in [-0.39, 0.29) is 51.8 Å². The summed E-state index contributed by atoms with van der Waals surface area (Å²) < 4.78 is 40.8. The van der Waals surface area contributed by atoms with Crippen molar-refractivity contribution in [2.24, 2.45) is 0 Å². The molecule has 1 saturated heterocycles. The fraction of sp³-hybridized carbons (Fsp3) is 0.188. The number of hydrogen-bond donors (Lipinski definition) is 3. The van der Waals surface area contributed by atoms with Crippen LogP contribution in [0.2, 0.25) is 0 Å². The van der Waals surface area contributed by atoms with Crippen LogP contribution in [0, 0.1) is 9.20 Å². The number of carboxylic acids is 2. The van der Waals surface area contributed by atoms with Crippen molar-refractivity contribution in [2.75, 3.05) is 24.2 Å². The Labute approximate surface area is 310 Å². The van der Waals surface area contributed by atoms with Crippen LogP contribution in [-0.4, -0.2) is 78.7 Å². The van der Waals surface area contributed by atoms with E-state index in [0.29, 0.717) is 22.9 Å². The highest BCUT2D eigenvalue weighted by Gasteiger charge is 2.32. The molecule has 0 unspecified atom stereocenters. The Morgan fingerprint density at radius 2 is 1.67 bits per heavy atom. The lowest BCUT2D eigenvalue weighted by Gasteiger charge is -2.19. The number of fused-ring (bicyclic) bond motifs is 1. The zero-order chi connectivity index (χ0) is 37.6. The minimum Gasteiger partial charge on any atom is -0.480 e. The Kier molecular flexibility index (Phi) is 10.1.